The number of aliphatic hydroxyl groups is 3. The molecule has 0 aromatic carbocycles. The van der Waals surface area contributed by atoms with E-state index in [9.17, 15) is 29.7 Å². The van der Waals surface area contributed by atoms with Crippen LogP contribution >= 0.6 is 0 Å². The average Bonchev–Trinajstić information content (AvgIpc) is 2.60. The second-order valence-corrected chi connectivity index (χ2v) is 6.45. The van der Waals surface area contributed by atoms with Crippen LogP contribution in [0.1, 0.15) is 39.5 Å². The maximum Gasteiger partial charge on any atom is 0.370 e. The van der Waals surface area contributed by atoms with Gasteiger partial charge in [-0.1, -0.05) is 19.8 Å². The average molecular weight is 388 g/mol. The third kappa shape index (κ3) is 7.16. The Hall–Kier alpha value is -2.17. The van der Waals surface area contributed by atoms with Crippen LogP contribution in [0.3, 0.4) is 0 Å². The smallest absolute Gasteiger partial charge is 0.370 e. The van der Waals surface area contributed by atoms with E-state index in [1.807, 2.05) is 6.92 Å². The first-order valence-electron chi connectivity index (χ1n) is 8.87. The molecule has 1 aliphatic rings. The van der Waals surface area contributed by atoms with Crippen molar-refractivity contribution in [1.82, 2.24) is 10.6 Å². The van der Waals surface area contributed by atoms with Gasteiger partial charge in [0.25, 0.3) is 0 Å². The first-order chi connectivity index (χ1) is 12.7. The number of carbonyl (C=O) groups excluding carboxylic acids is 2. The topological polar surface area (TPSA) is 165 Å². The van der Waals surface area contributed by atoms with E-state index >= 15 is 0 Å². The van der Waals surface area contributed by atoms with Crippen molar-refractivity contribution >= 4 is 17.8 Å². The zero-order chi connectivity index (χ0) is 20.6. The van der Waals surface area contributed by atoms with E-state index < -0.39 is 54.0 Å². The van der Waals surface area contributed by atoms with Gasteiger partial charge in [0.2, 0.25) is 17.6 Å². The van der Waals surface area contributed by atoms with E-state index in [0.717, 1.165) is 18.9 Å². The summed E-state index contributed by atoms with van der Waals surface area (Å²) in [6.45, 7) is 2.90. The van der Waals surface area contributed by atoms with Crippen LogP contribution in [0.4, 0.5) is 0 Å². The van der Waals surface area contributed by atoms with Gasteiger partial charge in [0, 0.05) is 19.9 Å². The van der Waals surface area contributed by atoms with Crippen LogP contribution in [0, 0.1) is 0 Å². The molecular weight excluding hydrogens is 360 g/mol. The Kier molecular flexibility index (Phi) is 9.19. The van der Waals surface area contributed by atoms with Crippen LogP contribution < -0.4 is 10.6 Å². The molecule has 0 aliphatic carbocycles. The van der Waals surface area contributed by atoms with Gasteiger partial charge in [0.05, 0.1) is 6.04 Å². The van der Waals surface area contributed by atoms with Crippen LogP contribution in [-0.2, 0) is 19.1 Å². The van der Waals surface area contributed by atoms with Gasteiger partial charge in [-0.2, -0.15) is 0 Å². The predicted octanol–water partition coefficient (Wildman–Crippen LogP) is -1.36. The highest BCUT2D eigenvalue weighted by molar-refractivity contribution is 5.84. The van der Waals surface area contributed by atoms with Crippen molar-refractivity contribution < 1.29 is 39.5 Å². The zero-order valence-electron chi connectivity index (χ0n) is 15.4. The SMILES string of the molecule is CCCCCC(=O)N[C@H]1[C@H]([C@H](O)[C@H](O)CNC(C)=O)OC(C(=O)O)=C[C@@H]1O. The summed E-state index contributed by atoms with van der Waals surface area (Å²) in [6.07, 6.45) is -2.50. The molecule has 5 atom stereocenters. The van der Waals surface area contributed by atoms with Gasteiger partial charge in [-0.05, 0) is 12.5 Å². The number of carbonyl (C=O) groups is 3. The van der Waals surface area contributed by atoms with Crippen LogP contribution in [0.15, 0.2) is 11.8 Å². The normalized spacial score (nSPS) is 24.2. The molecule has 2 amide bonds. The number of hydrogen-bond acceptors (Lipinski definition) is 7. The largest absolute Gasteiger partial charge is 0.478 e. The summed E-state index contributed by atoms with van der Waals surface area (Å²) in [5, 5.41) is 44.6. The standard InChI is InChI=1S/C17H28N2O8/c1-3-4-5-6-13(23)19-14-10(21)7-12(17(25)26)27-16(14)15(24)11(22)8-18-9(2)20/h7,10-11,14-16,21-22,24H,3-6,8H2,1-2H3,(H,18,20)(H,19,23)(H,25,26)/t10-,11+,14+,15+,16+/m0/s1. The maximum atomic E-state index is 12.1. The fraction of sp³-hybridized carbons (Fsp3) is 0.706. The number of aliphatic carboxylic acids is 1. The summed E-state index contributed by atoms with van der Waals surface area (Å²) in [5.74, 6) is -2.89. The molecule has 1 heterocycles. The third-order valence-electron chi connectivity index (χ3n) is 4.14. The molecule has 0 spiro atoms. The van der Waals surface area contributed by atoms with Gasteiger partial charge in [0.15, 0.2) is 6.10 Å². The monoisotopic (exact) mass is 388 g/mol. The maximum absolute atomic E-state index is 12.1. The molecule has 0 bridgehead atoms. The molecular formula is C17H28N2O8. The Morgan fingerprint density at radius 1 is 1.26 bits per heavy atom. The molecule has 10 nitrogen and oxygen atoms in total. The summed E-state index contributed by atoms with van der Waals surface area (Å²) in [4.78, 5) is 34.2. The molecule has 0 aromatic rings. The molecule has 0 radical (unpaired) electrons. The first-order valence-corrected chi connectivity index (χ1v) is 8.87. The highest BCUT2D eigenvalue weighted by Gasteiger charge is 2.43. The van der Waals surface area contributed by atoms with Crippen molar-refractivity contribution in [3.05, 3.63) is 11.8 Å². The number of nitrogens with one attached hydrogen (secondary N) is 2. The number of amides is 2. The molecule has 154 valence electrons. The highest BCUT2D eigenvalue weighted by atomic mass is 16.5. The summed E-state index contributed by atoms with van der Waals surface area (Å²) < 4.78 is 5.21. The first kappa shape index (κ1) is 22.9. The van der Waals surface area contributed by atoms with Gasteiger partial charge in [-0.3, -0.25) is 9.59 Å². The van der Waals surface area contributed by atoms with E-state index in [2.05, 4.69) is 10.6 Å². The third-order valence-corrected chi connectivity index (χ3v) is 4.14. The lowest BCUT2D eigenvalue weighted by atomic mass is 9.93. The van der Waals surface area contributed by atoms with E-state index in [1.165, 1.54) is 6.92 Å². The Labute approximate surface area is 157 Å². The number of aliphatic hydroxyl groups excluding tert-OH is 3. The Morgan fingerprint density at radius 2 is 1.93 bits per heavy atom. The van der Waals surface area contributed by atoms with Crippen LogP contribution in [0.2, 0.25) is 0 Å². The molecule has 27 heavy (non-hydrogen) atoms. The predicted molar refractivity (Wildman–Crippen MR) is 93.4 cm³/mol. The van der Waals surface area contributed by atoms with E-state index in [-0.39, 0.29) is 13.0 Å². The van der Waals surface area contributed by atoms with Gasteiger partial charge >= 0.3 is 5.97 Å². The number of carboxylic acid groups (broad SMARTS) is 1. The Bertz CT molecular complexity index is 565. The summed E-state index contributed by atoms with van der Waals surface area (Å²) in [7, 11) is 0. The van der Waals surface area contributed by atoms with Gasteiger partial charge in [0.1, 0.15) is 18.3 Å². The van der Waals surface area contributed by atoms with Crippen LogP contribution in [0.5, 0.6) is 0 Å². The van der Waals surface area contributed by atoms with Gasteiger partial charge in [-0.25, -0.2) is 4.79 Å². The quantitative estimate of drug-likeness (QED) is 0.250. The fourth-order valence-electron chi connectivity index (χ4n) is 2.67. The number of carboxylic acids is 1. The zero-order valence-corrected chi connectivity index (χ0v) is 15.4. The number of hydrogen-bond donors (Lipinski definition) is 6. The molecule has 1 aliphatic heterocycles. The molecule has 0 saturated heterocycles. The Balaban J connectivity index is 2.91. The molecule has 10 heteroatoms. The molecule has 0 fully saturated rings. The second-order valence-electron chi connectivity index (χ2n) is 6.45. The summed E-state index contributed by atoms with van der Waals surface area (Å²) >= 11 is 0. The minimum Gasteiger partial charge on any atom is -0.478 e. The minimum atomic E-state index is -1.67. The van der Waals surface area contributed by atoms with E-state index in [0.29, 0.717) is 6.42 Å². The molecule has 0 saturated carbocycles. The lowest BCUT2D eigenvalue weighted by Crippen LogP contribution is -2.60. The van der Waals surface area contributed by atoms with Crippen molar-refractivity contribution in [3.63, 3.8) is 0 Å². The lowest BCUT2D eigenvalue weighted by Gasteiger charge is -2.38. The van der Waals surface area contributed by atoms with Crippen LogP contribution in [-0.4, -0.2) is 75.2 Å². The van der Waals surface area contributed by atoms with Crippen molar-refractivity contribution in [2.24, 2.45) is 0 Å². The van der Waals surface area contributed by atoms with Crippen molar-refractivity contribution in [3.8, 4) is 0 Å². The van der Waals surface area contributed by atoms with Gasteiger partial charge in [-0.15, -0.1) is 0 Å². The number of unbranched alkanes of at least 4 members (excludes halogenated alkanes) is 2. The van der Waals surface area contributed by atoms with Crippen LogP contribution in [0.25, 0.3) is 0 Å². The molecule has 6 N–H and O–H groups in total. The van der Waals surface area contributed by atoms with E-state index in [1.54, 1.807) is 0 Å². The fourth-order valence-corrected chi connectivity index (χ4v) is 2.67. The Morgan fingerprint density at radius 3 is 2.48 bits per heavy atom. The van der Waals surface area contributed by atoms with Crippen molar-refractivity contribution in [2.45, 2.75) is 70.0 Å². The van der Waals surface area contributed by atoms with Gasteiger partial charge < -0.3 is 35.8 Å². The van der Waals surface area contributed by atoms with E-state index in [4.69, 9.17) is 9.84 Å². The lowest BCUT2D eigenvalue weighted by molar-refractivity contribution is -0.148. The minimum absolute atomic E-state index is 0.198. The summed E-state index contributed by atoms with van der Waals surface area (Å²) in [5.41, 5.74) is 0. The molecule has 0 unspecified atom stereocenters. The molecule has 0 aromatic heterocycles. The summed E-state index contributed by atoms with van der Waals surface area (Å²) in [6, 6.07) is -1.16. The number of ether oxygens (including phenoxy) is 1. The van der Waals surface area contributed by atoms with Crippen molar-refractivity contribution in [2.75, 3.05) is 6.54 Å². The highest BCUT2D eigenvalue weighted by Crippen LogP contribution is 2.23. The number of rotatable bonds is 10. The second kappa shape index (κ2) is 10.9. The molecule has 1 rings (SSSR count). The van der Waals surface area contributed by atoms with Crippen molar-refractivity contribution in [1.29, 1.82) is 0 Å².